The lowest BCUT2D eigenvalue weighted by molar-refractivity contribution is 1.35. The first-order chi connectivity index (χ1) is 5.47. The molecule has 0 radical (unpaired) electrons. The molecule has 0 fully saturated rings. The molecule has 1 aromatic carbocycles. The summed E-state index contributed by atoms with van der Waals surface area (Å²) in [5.74, 6) is 0. The van der Waals surface area contributed by atoms with Crippen LogP contribution in [0.4, 0.5) is 5.69 Å². The molecule has 0 saturated heterocycles. The molecule has 0 aliphatic carbocycles. The van der Waals surface area contributed by atoms with Gasteiger partial charge in [-0.15, -0.1) is 0 Å². The number of rotatable bonds is 0. The van der Waals surface area contributed by atoms with Crippen molar-refractivity contribution in [2.75, 3.05) is 6.54 Å². The highest BCUT2D eigenvalue weighted by Gasteiger charge is 1.96. The Kier molecular flexibility index (Phi) is 1.52. The van der Waals surface area contributed by atoms with Crippen LogP contribution < -0.4 is 0 Å². The number of hydrogen-bond acceptors (Lipinski definition) is 2. The molecule has 2 heteroatoms. The first-order valence-corrected chi connectivity index (χ1v) is 3.58. The lowest BCUT2D eigenvalue weighted by atomic mass is 10.2. The van der Waals surface area contributed by atoms with Gasteiger partial charge in [-0.05, 0) is 6.07 Å². The molecule has 54 valence electrons. The maximum absolute atomic E-state index is 4.24. The van der Waals surface area contributed by atoms with Crippen LogP contribution >= 0.6 is 0 Å². The van der Waals surface area contributed by atoms with Crippen LogP contribution in [0.5, 0.6) is 0 Å². The number of aliphatic imine (C=N–C) groups is 2. The maximum Gasteiger partial charge on any atom is 0.0742 e. The van der Waals surface area contributed by atoms with E-state index in [-0.39, 0.29) is 0 Å². The van der Waals surface area contributed by atoms with Crippen LogP contribution in [0.15, 0.2) is 34.3 Å². The smallest absolute Gasteiger partial charge is 0.0742 e. The Morgan fingerprint density at radius 2 is 2.09 bits per heavy atom. The van der Waals surface area contributed by atoms with E-state index in [1.54, 1.807) is 0 Å². The fraction of sp³-hybridized carbons (Fsp3) is 0.111. The minimum atomic E-state index is 0.689. The van der Waals surface area contributed by atoms with Crippen molar-refractivity contribution >= 4 is 18.1 Å². The molecular weight excluding hydrogens is 136 g/mol. The van der Waals surface area contributed by atoms with Crippen LogP contribution in [0.2, 0.25) is 0 Å². The fourth-order valence-electron chi connectivity index (χ4n) is 1.05. The molecular formula is C9H8N2. The summed E-state index contributed by atoms with van der Waals surface area (Å²) in [6.45, 7) is 0.689. The molecule has 0 N–H and O–H groups in total. The Bertz CT molecular complexity index is 282. The molecule has 0 aromatic heterocycles. The lowest BCUT2D eigenvalue weighted by Crippen LogP contribution is -1.79. The molecule has 1 heterocycles. The van der Waals surface area contributed by atoms with E-state index in [2.05, 4.69) is 9.98 Å². The van der Waals surface area contributed by atoms with Gasteiger partial charge >= 0.3 is 0 Å². The van der Waals surface area contributed by atoms with Gasteiger partial charge in [0.05, 0.1) is 12.2 Å². The summed E-state index contributed by atoms with van der Waals surface area (Å²) in [7, 11) is 0. The summed E-state index contributed by atoms with van der Waals surface area (Å²) in [6, 6.07) is 7.98. The van der Waals surface area contributed by atoms with Gasteiger partial charge in [0.1, 0.15) is 0 Å². The molecule has 0 amide bonds. The Balaban J connectivity index is 2.58. The van der Waals surface area contributed by atoms with Crippen molar-refractivity contribution in [3.8, 4) is 0 Å². The number of benzene rings is 1. The van der Waals surface area contributed by atoms with Gasteiger partial charge in [-0.25, -0.2) is 0 Å². The highest BCUT2D eigenvalue weighted by Crippen LogP contribution is 2.16. The predicted molar refractivity (Wildman–Crippen MR) is 47.1 cm³/mol. The van der Waals surface area contributed by atoms with E-state index in [1.807, 2.05) is 36.7 Å². The quantitative estimate of drug-likeness (QED) is 0.530. The topological polar surface area (TPSA) is 24.7 Å². The number of para-hydroxylation sites is 1. The number of nitrogens with zero attached hydrogens (tertiary/aromatic N) is 2. The predicted octanol–water partition coefficient (Wildman–Crippen LogP) is 1.82. The van der Waals surface area contributed by atoms with E-state index >= 15 is 0 Å². The van der Waals surface area contributed by atoms with E-state index in [0.717, 1.165) is 11.3 Å². The van der Waals surface area contributed by atoms with Gasteiger partial charge in [-0.3, -0.25) is 9.98 Å². The van der Waals surface area contributed by atoms with Gasteiger partial charge in [-0.1, -0.05) is 18.2 Å². The summed E-state index contributed by atoms with van der Waals surface area (Å²) in [5, 5.41) is 0. The van der Waals surface area contributed by atoms with E-state index in [0.29, 0.717) is 6.54 Å². The van der Waals surface area contributed by atoms with Gasteiger partial charge in [0.2, 0.25) is 0 Å². The van der Waals surface area contributed by atoms with Gasteiger partial charge in [-0.2, -0.15) is 0 Å². The molecule has 0 spiro atoms. The molecule has 11 heavy (non-hydrogen) atoms. The second-order valence-electron chi connectivity index (χ2n) is 2.36. The maximum atomic E-state index is 4.24. The van der Waals surface area contributed by atoms with E-state index < -0.39 is 0 Å². The molecule has 1 aliphatic rings. The molecule has 0 atom stereocenters. The third-order valence-corrected chi connectivity index (χ3v) is 1.58. The second-order valence-corrected chi connectivity index (χ2v) is 2.36. The lowest BCUT2D eigenvalue weighted by Gasteiger charge is -1.94. The Hall–Kier alpha value is -1.44. The summed E-state index contributed by atoms with van der Waals surface area (Å²) < 4.78 is 0. The van der Waals surface area contributed by atoms with Crippen LogP contribution in [0.3, 0.4) is 0 Å². The fourth-order valence-corrected chi connectivity index (χ4v) is 1.05. The van der Waals surface area contributed by atoms with Crippen molar-refractivity contribution in [2.24, 2.45) is 9.98 Å². The third kappa shape index (κ3) is 1.19. The van der Waals surface area contributed by atoms with Crippen LogP contribution in [-0.2, 0) is 0 Å². The molecule has 0 bridgehead atoms. The van der Waals surface area contributed by atoms with E-state index in [1.165, 1.54) is 0 Å². The zero-order chi connectivity index (χ0) is 7.52. The minimum absolute atomic E-state index is 0.689. The number of fused-ring (bicyclic) bond motifs is 1. The van der Waals surface area contributed by atoms with Crippen LogP contribution in [-0.4, -0.2) is 19.0 Å². The minimum Gasteiger partial charge on any atom is -0.287 e. The summed E-state index contributed by atoms with van der Waals surface area (Å²) in [6.07, 6.45) is 3.69. The Labute approximate surface area is 65.3 Å². The van der Waals surface area contributed by atoms with Gasteiger partial charge in [0, 0.05) is 18.0 Å². The zero-order valence-electron chi connectivity index (χ0n) is 6.07. The van der Waals surface area contributed by atoms with Crippen LogP contribution in [0.25, 0.3) is 0 Å². The second kappa shape index (κ2) is 2.66. The van der Waals surface area contributed by atoms with Crippen LogP contribution in [0, 0.1) is 0 Å². The molecule has 1 aromatic rings. The summed E-state index contributed by atoms with van der Waals surface area (Å²) >= 11 is 0. The first-order valence-electron chi connectivity index (χ1n) is 3.58. The first kappa shape index (κ1) is 6.28. The van der Waals surface area contributed by atoms with E-state index in [4.69, 9.17) is 0 Å². The standard InChI is InChI=1S/C9H8N2/c1-2-4-9-8(3-1)7-10-5-6-11-9/h1-4,6-7H,5H2. The average Bonchev–Trinajstić information content (AvgIpc) is 2.28. The molecule has 2 rings (SSSR count). The molecule has 2 nitrogen and oxygen atoms in total. The zero-order valence-corrected chi connectivity index (χ0v) is 6.07. The summed E-state index contributed by atoms with van der Waals surface area (Å²) in [4.78, 5) is 8.37. The highest BCUT2D eigenvalue weighted by atomic mass is 14.8. The van der Waals surface area contributed by atoms with Crippen molar-refractivity contribution in [1.29, 1.82) is 0 Å². The normalized spacial score (nSPS) is 14.2. The van der Waals surface area contributed by atoms with Gasteiger partial charge in [0.25, 0.3) is 0 Å². The summed E-state index contributed by atoms with van der Waals surface area (Å²) in [5.41, 5.74) is 2.11. The highest BCUT2D eigenvalue weighted by molar-refractivity contribution is 5.90. The van der Waals surface area contributed by atoms with Crippen molar-refractivity contribution in [3.63, 3.8) is 0 Å². The monoisotopic (exact) mass is 144 g/mol. The van der Waals surface area contributed by atoms with Crippen molar-refractivity contribution < 1.29 is 0 Å². The van der Waals surface area contributed by atoms with E-state index in [9.17, 15) is 0 Å². The van der Waals surface area contributed by atoms with Gasteiger partial charge in [0.15, 0.2) is 0 Å². The average molecular weight is 144 g/mol. The number of hydrogen-bond donors (Lipinski definition) is 0. The Morgan fingerprint density at radius 3 is 3.09 bits per heavy atom. The van der Waals surface area contributed by atoms with Crippen molar-refractivity contribution in [1.82, 2.24) is 0 Å². The van der Waals surface area contributed by atoms with Crippen LogP contribution in [0.1, 0.15) is 5.56 Å². The SMILES string of the molecule is C1=NCC=Nc2ccccc21. The van der Waals surface area contributed by atoms with Crippen molar-refractivity contribution in [3.05, 3.63) is 29.8 Å². The molecule has 1 aliphatic heterocycles. The molecule has 0 saturated carbocycles. The van der Waals surface area contributed by atoms with Gasteiger partial charge < -0.3 is 0 Å². The largest absolute Gasteiger partial charge is 0.287 e. The third-order valence-electron chi connectivity index (χ3n) is 1.58. The Morgan fingerprint density at radius 1 is 1.18 bits per heavy atom. The van der Waals surface area contributed by atoms with Crippen molar-refractivity contribution in [2.45, 2.75) is 0 Å². The molecule has 0 unspecified atom stereocenters.